The molecule has 0 amide bonds. The van der Waals surface area contributed by atoms with Crippen molar-refractivity contribution in [1.82, 2.24) is 0 Å². The highest BCUT2D eigenvalue weighted by Gasteiger charge is 2.19. The minimum absolute atomic E-state index is 0.211. The van der Waals surface area contributed by atoms with Crippen molar-refractivity contribution < 1.29 is 5.11 Å². The molecule has 0 saturated carbocycles. The molecule has 1 atom stereocenters. The number of aryl methyl sites for hydroxylation is 1. The van der Waals surface area contributed by atoms with Crippen LogP contribution in [0, 0.1) is 0 Å². The molecule has 2 N–H and O–H groups in total. The Morgan fingerprint density at radius 1 is 1.05 bits per heavy atom. The highest BCUT2D eigenvalue weighted by Crippen LogP contribution is 2.32. The number of anilines is 1. The summed E-state index contributed by atoms with van der Waals surface area (Å²) in [7, 11) is 0. The standard InChI is InChI=1S/C18H21NO/c20-13-12-14-8-10-16(11-9-14)19-18-7-3-5-15-4-1-2-6-17(15)18/h1-2,4,6,8-11,18-20H,3,5,7,12-13H2. The van der Waals surface area contributed by atoms with E-state index >= 15 is 0 Å². The second kappa shape index (κ2) is 6.10. The highest BCUT2D eigenvalue weighted by atomic mass is 16.2. The average molecular weight is 267 g/mol. The van der Waals surface area contributed by atoms with E-state index in [0.29, 0.717) is 6.04 Å². The molecule has 3 rings (SSSR count). The molecule has 1 unspecified atom stereocenters. The molecule has 2 heteroatoms. The van der Waals surface area contributed by atoms with Crippen LogP contribution in [0.2, 0.25) is 0 Å². The summed E-state index contributed by atoms with van der Waals surface area (Å²) >= 11 is 0. The van der Waals surface area contributed by atoms with Gasteiger partial charge in [0.1, 0.15) is 0 Å². The molecular weight excluding hydrogens is 246 g/mol. The Balaban J connectivity index is 1.75. The number of benzene rings is 2. The lowest BCUT2D eigenvalue weighted by molar-refractivity contribution is 0.299. The molecule has 0 radical (unpaired) electrons. The van der Waals surface area contributed by atoms with Gasteiger partial charge in [-0.3, -0.25) is 0 Å². The van der Waals surface area contributed by atoms with E-state index < -0.39 is 0 Å². The van der Waals surface area contributed by atoms with Crippen molar-refractivity contribution in [3.63, 3.8) is 0 Å². The van der Waals surface area contributed by atoms with E-state index in [9.17, 15) is 0 Å². The molecule has 104 valence electrons. The van der Waals surface area contributed by atoms with Gasteiger partial charge in [-0.25, -0.2) is 0 Å². The van der Waals surface area contributed by atoms with Gasteiger partial charge in [-0.1, -0.05) is 36.4 Å². The van der Waals surface area contributed by atoms with Gasteiger partial charge in [-0.05, 0) is 54.5 Å². The zero-order valence-electron chi connectivity index (χ0n) is 11.7. The number of fused-ring (bicyclic) bond motifs is 1. The minimum Gasteiger partial charge on any atom is -0.396 e. The molecule has 0 spiro atoms. The predicted octanol–water partition coefficient (Wildman–Crippen LogP) is 3.71. The average Bonchev–Trinajstić information content (AvgIpc) is 2.50. The van der Waals surface area contributed by atoms with Crippen molar-refractivity contribution in [3.05, 3.63) is 65.2 Å². The minimum atomic E-state index is 0.211. The summed E-state index contributed by atoms with van der Waals surface area (Å²) in [5, 5.41) is 12.6. The first-order chi connectivity index (χ1) is 9.86. The highest BCUT2D eigenvalue weighted by molar-refractivity contribution is 5.48. The van der Waals surface area contributed by atoms with Gasteiger partial charge in [0.25, 0.3) is 0 Å². The molecule has 0 bridgehead atoms. The normalized spacial score (nSPS) is 17.6. The van der Waals surface area contributed by atoms with Crippen molar-refractivity contribution in [2.24, 2.45) is 0 Å². The van der Waals surface area contributed by atoms with Gasteiger partial charge < -0.3 is 10.4 Å². The van der Waals surface area contributed by atoms with Gasteiger partial charge in [-0.15, -0.1) is 0 Å². The van der Waals surface area contributed by atoms with E-state index in [1.165, 1.54) is 36.0 Å². The Labute approximate surface area is 120 Å². The van der Waals surface area contributed by atoms with Crippen LogP contribution in [-0.2, 0) is 12.8 Å². The lowest BCUT2D eigenvalue weighted by Gasteiger charge is -2.27. The molecule has 2 aromatic carbocycles. The lowest BCUT2D eigenvalue weighted by atomic mass is 9.87. The fourth-order valence-electron chi connectivity index (χ4n) is 3.00. The first-order valence-electron chi connectivity index (χ1n) is 7.41. The molecule has 1 aliphatic carbocycles. The number of aliphatic hydroxyl groups is 1. The van der Waals surface area contributed by atoms with Crippen LogP contribution in [0.1, 0.15) is 35.6 Å². The predicted molar refractivity (Wildman–Crippen MR) is 83.0 cm³/mol. The van der Waals surface area contributed by atoms with Crippen molar-refractivity contribution >= 4 is 5.69 Å². The molecule has 0 heterocycles. The molecule has 0 aromatic heterocycles. The number of hydrogen-bond acceptors (Lipinski definition) is 2. The SMILES string of the molecule is OCCc1ccc(NC2CCCc3ccccc32)cc1. The Morgan fingerprint density at radius 2 is 1.85 bits per heavy atom. The number of hydrogen-bond donors (Lipinski definition) is 2. The smallest absolute Gasteiger partial charge is 0.0516 e. The first kappa shape index (κ1) is 13.2. The number of nitrogens with one attached hydrogen (secondary N) is 1. The van der Waals surface area contributed by atoms with Crippen molar-refractivity contribution in [3.8, 4) is 0 Å². The van der Waals surface area contributed by atoms with E-state index in [2.05, 4.69) is 53.8 Å². The third-order valence-electron chi connectivity index (χ3n) is 4.06. The summed E-state index contributed by atoms with van der Waals surface area (Å²) in [6.45, 7) is 0.211. The van der Waals surface area contributed by atoms with Crippen LogP contribution >= 0.6 is 0 Å². The summed E-state index contributed by atoms with van der Waals surface area (Å²) in [6, 6.07) is 17.6. The van der Waals surface area contributed by atoms with Gasteiger partial charge in [0, 0.05) is 12.3 Å². The number of aliphatic hydroxyl groups excluding tert-OH is 1. The van der Waals surface area contributed by atoms with E-state index in [0.717, 1.165) is 12.1 Å². The van der Waals surface area contributed by atoms with E-state index in [4.69, 9.17) is 5.11 Å². The summed E-state index contributed by atoms with van der Waals surface area (Å²) in [4.78, 5) is 0. The van der Waals surface area contributed by atoms with Gasteiger partial charge in [0.15, 0.2) is 0 Å². The second-order valence-electron chi connectivity index (χ2n) is 5.46. The first-order valence-corrected chi connectivity index (χ1v) is 7.41. The monoisotopic (exact) mass is 267 g/mol. The van der Waals surface area contributed by atoms with Crippen LogP contribution in [0.4, 0.5) is 5.69 Å². The molecule has 0 saturated heterocycles. The van der Waals surface area contributed by atoms with Crippen LogP contribution in [0.3, 0.4) is 0 Å². The van der Waals surface area contributed by atoms with E-state index in [1.807, 2.05) is 0 Å². The summed E-state index contributed by atoms with van der Waals surface area (Å²) in [5.74, 6) is 0. The Kier molecular flexibility index (Phi) is 4.03. The molecule has 2 nitrogen and oxygen atoms in total. The lowest BCUT2D eigenvalue weighted by Crippen LogP contribution is -2.17. The zero-order valence-corrected chi connectivity index (χ0v) is 11.7. The zero-order chi connectivity index (χ0) is 13.8. The van der Waals surface area contributed by atoms with Gasteiger partial charge in [-0.2, -0.15) is 0 Å². The Bertz CT molecular complexity index is 562. The molecule has 2 aromatic rings. The van der Waals surface area contributed by atoms with Gasteiger partial charge in [0.05, 0.1) is 6.04 Å². The summed E-state index contributed by atoms with van der Waals surface area (Å²) in [5.41, 5.74) is 5.27. The van der Waals surface area contributed by atoms with Crippen LogP contribution < -0.4 is 5.32 Å². The van der Waals surface area contributed by atoms with Gasteiger partial charge in [0.2, 0.25) is 0 Å². The van der Waals surface area contributed by atoms with Crippen molar-refractivity contribution in [2.45, 2.75) is 31.7 Å². The molecule has 0 fully saturated rings. The topological polar surface area (TPSA) is 32.3 Å². The maximum absolute atomic E-state index is 8.94. The maximum atomic E-state index is 8.94. The Morgan fingerprint density at radius 3 is 2.65 bits per heavy atom. The largest absolute Gasteiger partial charge is 0.396 e. The second-order valence-corrected chi connectivity index (χ2v) is 5.46. The van der Waals surface area contributed by atoms with Crippen LogP contribution in [-0.4, -0.2) is 11.7 Å². The molecule has 1 aliphatic rings. The number of rotatable bonds is 4. The third-order valence-corrected chi connectivity index (χ3v) is 4.06. The summed E-state index contributed by atoms with van der Waals surface area (Å²) in [6.07, 6.45) is 4.36. The van der Waals surface area contributed by atoms with Crippen molar-refractivity contribution in [2.75, 3.05) is 11.9 Å². The fourth-order valence-corrected chi connectivity index (χ4v) is 3.00. The van der Waals surface area contributed by atoms with Crippen LogP contribution in [0.5, 0.6) is 0 Å². The van der Waals surface area contributed by atoms with E-state index in [1.54, 1.807) is 0 Å². The van der Waals surface area contributed by atoms with Crippen molar-refractivity contribution in [1.29, 1.82) is 0 Å². The van der Waals surface area contributed by atoms with Gasteiger partial charge >= 0.3 is 0 Å². The maximum Gasteiger partial charge on any atom is 0.0516 e. The summed E-state index contributed by atoms with van der Waals surface area (Å²) < 4.78 is 0. The van der Waals surface area contributed by atoms with E-state index in [-0.39, 0.29) is 6.61 Å². The fraction of sp³-hybridized carbons (Fsp3) is 0.333. The van der Waals surface area contributed by atoms with Crippen LogP contribution in [0.25, 0.3) is 0 Å². The quantitative estimate of drug-likeness (QED) is 0.885. The molecular formula is C18H21NO. The van der Waals surface area contributed by atoms with Crippen LogP contribution in [0.15, 0.2) is 48.5 Å². The third kappa shape index (κ3) is 2.86. The Hall–Kier alpha value is -1.80. The molecule has 20 heavy (non-hydrogen) atoms. The molecule has 0 aliphatic heterocycles.